The van der Waals surface area contributed by atoms with E-state index in [0.717, 1.165) is 10.7 Å². The second-order valence-corrected chi connectivity index (χ2v) is 8.36. The van der Waals surface area contributed by atoms with Gasteiger partial charge in [0, 0.05) is 22.8 Å². The van der Waals surface area contributed by atoms with Crippen LogP contribution in [0.4, 0.5) is 0 Å². The Balaban J connectivity index is 1.96. The monoisotopic (exact) mass is 366 g/mol. The van der Waals surface area contributed by atoms with Gasteiger partial charge in [0.1, 0.15) is 4.21 Å². The van der Waals surface area contributed by atoms with E-state index in [1.807, 2.05) is 12.3 Å². The molecule has 0 spiro atoms. The van der Waals surface area contributed by atoms with Gasteiger partial charge in [0.2, 0.25) is 0 Å². The lowest BCUT2D eigenvalue weighted by atomic mass is 10.3. The van der Waals surface area contributed by atoms with Crippen LogP contribution >= 0.6 is 38.6 Å². The van der Waals surface area contributed by atoms with E-state index in [1.165, 1.54) is 11.3 Å². The highest BCUT2D eigenvalue weighted by Crippen LogP contribution is 2.27. The summed E-state index contributed by atoms with van der Waals surface area (Å²) in [5.74, 6) is 0. The van der Waals surface area contributed by atoms with Gasteiger partial charge in [0.25, 0.3) is 10.0 Å². The molecule has 0 aliphatic heterocycles. The van der Waals surface area contributed by atoms with Crippen LogP contribution in [0.15, 0.2) is 25.5 Å². The zero-order valence-corrected chi connectivity index (χ0v) is 13.5. The molecule has 0 aliphatic carbocycles. The van der Waals surface area contributed by atoms with Crippen LogP contribution in [0.25, 0.3) is 0 Å². The Bertz CT molecular complexity index is 633. The lowest BCUT2D eigenvalue weighted by Crippen LogP contribution is -2.25. The quantitative estimate of drug-likeness (QED) is 0.884. The number of thiophene rings is 1. The van der Waals surface area contributed by atoms with Crippen LogP contribution in [0.1, 0.15) is 10.7 Å². The summed E-state index contributed by atoms with van der Waals surface area (Å²) in [7, 11) is -3.41. The SMILES string of the molecule is Cc1nc(CCNS(=O)(=O)c2sccc2Br)cs1. The highest BCUT2D eigenvalue weighted by atomic mass is 79.9. The van der Waals surface area contributed by atoms with E-state index in [9.17, 15) is 8.42 Å². The Morgan fingerprint density at radius 3 is 2.78 bits per heavy atom. The molecule has 0 bridgehead atoms. The lowest BCUT2D eigenvalue weighted by Gasteiger charge is -2.04. The Morgan fingerprint density at radius 2 is 2.22 bits per heavy atom. The molecule has 0 unspecified atom stereocenters. The van der Waals surface area contributed by atoms with Crippen LogP contribution < -0.4 is 4.72 Å². The zero-order chi connectivity index (χ0) is 13.2. The van der Waals surface area contributed by atoms with E-state index in [4.69, 9.17) is 0 Å². The Morgan fingerprint density at radius 1 is 1.44 bits per heavy atom. The summed E-state index contributed by atoms with van der Waals surface area (Å²) in [6.45, 7) is 2.29. The first kappa shape index (κ1) is 14.1. The normalized spacial score (nSPS) is 11.9. The molecular weight excluding hydrogens is 356 g/mol. The number of nitrogens with zero attached hydrogens (tertiary/aromatic N) is 1. The number of thiazole rings is 1. The van der Waals surface area contributed by atoms with Gasteiger partial charge in [-0.15, -0.1) is 22.7 Å². The van der Waals surface area contributed by atoms with E-state index in [1.54, 1.807) is 22.8 Å². The van der Waals surface area contributed by atoms with Crippen molar-refractivity contribution < 1.29 is 8.42 Å². The first-order chi connectivity index (χ1) is 8.49. The zero-order valence-electron chi connectivity index (χ0n) is 9.51. The standard InChI is InChI=1S/C10H11BrN2O2S3/c1-7-13-8(6-17-7)2-4-12-18(14,15)10-9(11)3-5-16-10/h3,5-6,12H,2,4H2,1H3. The minimum absolute atomic E-state index is 0.317. The van der Waals surface area contributed by atoms with Crippen LogP contribution in [0.3, 0.4) is 0 Å². The predicted molar refractivity (Wildman–Crippen MR) is 77.8 cm³/mol. The number of hydrogen-bond acceptors (Lipinski definition) is 5. The van der Waals surface area contributed by atoms with Crippen molar-refractivity contribution in [1.29, 1.82) is 0 Å². The van der Waals surface area contributed by atoms with Gasteiger partial charge in [0.15, 0.2) is 0 Å². The molecule has 98 valence electrons. The smallest absolute Gasteiger partial charge is 0.247 e. The van der Waals surface area contributed by atoms with Crippen molar-refractivity contribution >= 4 is 48.6 Å². The maximum Gasteiger partial charge on any atom is 0.251 e. The molecule has 0 saturated carbocycles. The number of aromatic nitrogens is 1. The second kappa shape index (κ2) is 5.79. The van der Waals surface area contributed by atoms with Crippen molar-refractivity contribution in [2.75, 3.05) is 6.54 Å². The maximum atomic E-state index is 12.0. The average Bonchev–Trinajstić information content (AvgIpc) is 2.87. The van der Waals surface area contributed by atoms with Gasteiger partial charge < -0.3 is 0 Å². The van der Waals surface area contributed by atoms with Gasteiger partial charge in [-0.2, -0.15) is 0 Å². The third kappa shape index (κ3) is 3.39. The molecular formula is C10H11BrN2O2S3. The van der Waals surface area contributed by atoms with E-state index < -0.39 is 10.0 Å². The summed E-state index contributed by atoms with van der Waals surface area (Å²) in [5, 5.41) is 4.68. The third-order valence-corrected chi connectivity index (χ3v) is 7.12. The summed E-state index contributed by atoms with van der Waals surface area (Å²) in [5.41, 5.74) is 0.922. The molecule has 0 aromatic carbocycles. The molecule has 0 radical (unpaired) electrons. The summed E-state index contributed by atoms with van der Waals surface area (Å²) in [6, 6.07) is 1.73. The van der Waals surface area contributed by atoms with E-state index >= 15 is 0 Å². The van der Waals surface area contributed by atoms with Crippen LogP contribution in [0, 0.1) is 6.92 Å². The third-order valence-electron chi connectivity index (χ3n) is 2.17. The predicted octanol–water partition coefficient (Wildman–Crippen LogP) is 2.80. The van der Waals surface area contributed by atoms with Crippen molar-refractivity contribution in [3.05, 3.63) is 32.0 Å². The first-order valence-corrected chi connectivity index (χ1v) is 9.16. The number of halogens is 1. The molecule has 1 N–H and O–H groups in total. The molecule has 18 heavy (non-hydrogen) atoms. The lowest BCUT2D eigenvalue weighted by molar-refractivity contribution is 0.583. The van der Waals surface area contributed by atoms with Crippen molar-refractivity contribution in [2.24, 2.45) is 0 Å². The van der Waals surface area contributed by atoms with Crippen molar-refractivity contribution in [2.45, 2.75) is 17.6 Å². The van der Waals surface area contributed by atoms with Gasteiger partial charge in [-0.1, -0.05) is 0 Å². The van der Waals surface area contributed by atoms with Crippen molar-refractivity contribution in [3.63, 3.8) is 0 Å². The molecule has 0 atom stereocenters. The minimum atomic E-state index is -3.41. The van der Waals surface area contributed by atoms with Crippen LogP contribution in [-0.2, 0) is 16.4 Å². The van der Waals surface area contributed by atoms with Crippen LogP contribution in [-0.4, -0.2) is 19.9 Å². The Labute approximate surface area is 122 Å². The molecule has 8 heteroatoms. The average molecular weight is 367 g/mol. The second-order valence-electron chi connectivity index (χ2n) is 3.56. The number of aryl methyl sites for hydroxylation is 1. The summed E-state index contributed by atoms with van der Waals surface area (Å²) < 4.78 is 27.4. The number of sulfonamides is 1. The van der Waals surface area contributed by atoms with Crippen LogP contribution in [0.2, 0.25) is 0 Å². The fourth-order valence-electron chi connectivity index (χ4n) is 1.37. The minimum Gasteiger partial charge on any atom is -0.247 e. The van der Waals surface area contributed by atoms with Crippen LogP contribution in [0.5, 0.6) is 0 Å². The Kier molecular flexibility index (Phi) is 4.54. The van der Waals surface area contributed by atoms with Gasteiger partial charge in [-0.05, 0) is 34.3 Å². The topological polar surface area (TPSA) is 59.1 Å². The molecule has 0 aliphatic rings. The number of hydrogen-bond donors (Lipinski definition) is 1. The molecule has 4 nitrogen and oxygen atoms in total. The first-order valence-electron chi connectivity index (χ1n) is 5.13. The van der Waals surface area contributed by atoms with E-state index in [0.29, 0.717) is 21.6 Å². The number of nitrogens with one attached hydrogen (secondary N) is 1. The fourth-order valence-corrected chi connectivity index (χ4v) is 5.43. The summed E-state index contributed by atoms with van der Waals surface area (Å²) in [4.78, 5) is 4.29. The molecule has 2 aromatic rings. The molecule has 0 fully saturated rings. The highest BCUT2D eigenvalue weighted by molar-refractivity contribution is 9.10. The maximum absolute atomic E-state index is 12.0. The number of rotatable bonds is 5. The molecule has 2 rings (SSSR count). The van der Waals surface area contributed by atoms with Gasteiger partial charge in [-0.25, -0.2) is 18.1 Å². The Hall–Kier alpha value is -0.280. The van der Waals surface area contributed by atoms with Gasteiger partial charge >= 0.3 is 0 Å². The summed E-state index contributed by atoms with van der Waals surface area (Å²) >= 11 is 5.99. The molecule has 0 amide bonds. The van der Waals surface area contributed by atoms with E-state index in [-0.39, 0.29) is 0 Å². The molecule has 0 saturated heterocycles. The largest absolute Gasteiger partial charge is 0.251 e. The fraction of sp³-hybridized carbons (Fsp3) is 0.300. The van der Waals surface area contributed by atoms with Crippen molar-refractivity contribution in [3.8, 4) is 0 Å². The molecule has 2 heterocycles. The molecule has 2 aromatic heterocycles. The van der Waals surface area contributed by atoms with Gasteiger partial charge in [-0.3, -0.25) is 0 Å². The highest BCUT2D eigenvalue weighted by Gasteiger charge is 2.18. The van der Waals surface area contributed by atoms with E-state index in [2.05, 4.69) is 25.6 Å². The van der Waals surface area contributed by atoms with Crippen molar-refractivity contribution in [1.82, 2.24) is 9.71 Å². The summed E-state index contributed by atoms with van der Waals surface area (Å²) in [6.07, 6.45) is 0.604. The van der Waals surface area contributed by atoms with Gasteiger partial charge in [0.05, 0.1) is 10.7 Å².